The van der Waals surface area contributed by atoms with Crippen molar-refractivity contribution < 1.29 is 4.79 Å². The van der Waals surface area contributed by atoms with Crippen molar-refractivity contribution in [3.05, 3.63) is 35.9 Å². The van der Waals surface area contributed by atoms with Crippen molar-refractivity contribution >= 4 is 11.6 Å². The van der Waals surface area contributed by atoms with E-state index in [2.05, 4.69) is 10.5 Å². The highest BCUT2D eigenvalue weighted by molar-refractivity contribution is 5.99. The van der Waals surface area contributed by atoms with Gasteiger partial charge in [0.15, 0.2) is 0 Å². The summed E-state index contributed by atoms with van der Waals surface area (Å²) in [5.74, 6) is 1.59. The fourth-order valence-corrected chi connectivity index (χ4v) is 3.69. The number of nitrogens with zero attached hydrogens (tertiary/aromatic N) is 1. The van der Waals surface area contributed by atoms with Gasteiger partial charge in [-0.05, 0) is 37.2 Å². The monoisotopic (exact) mass is 284 g/mol. The predicted molar refractivity (Wildman–Crippen MR) is 85.0 cm³/mol. The molecule has 2 fully saturated rings. The van der Waals surface area contributed by atoms with Gasteiger partial charge >= 0.3 is 0 Å². The minimum atomic E-state index is 0.127. The molecule has 3 heteroatoms. The molecule has 0 heterocycles. The summed E-state index contributed by atoms with van der Waals surface area (Å²) < 4.78 is 0. The molecular weight excluding hydrogens is 260 g/mol. The molecule has 0 unspecified atom stereocenters. The van der Waals surface area contributed by atoms with E-state index >= 15 is 0 Å². The molecule has 2 saturated carbocycles. The van der Waals surface area contributed by atoms with Gasteiger partial charge in [-0.1, -0.05) is 56.0 Å². The second-order valence-electron chi connectivity index (χ2n) is 6.38. The fourth-order valence-electron chi connectivity index (χ4n) is 3.69. The van der Waals surface area contributed by atoms with E-state index in [1.54, 1.807) is 0 Å². The Labute approximate surface area is 126 Å². The Hall–Kier alpha value is -1.64. The number of amides is 1. The summed E-state index contributed by atoms with van der Waals surface area (Å²) in [7, 11) is 0. The topological polar surface area (TPSA) is 41.5 Å². The van der Waals surface area contributed by atoms with Crippen LogP contribution in [0.3, 0.4) is 0 Å². The molecule has 2 aliphatic carbocycles. The Morgan fingerprint density at radius 3 is 2.29 bits per heavy atom. The maximum Gasteiger partial charge on any atom is 0.243 e. The van der Waals surface area contributed by atoms with Crippen LogP contribution in [0, 0.1) is 17.8 Å². The quantitative estimate of drug-likeness (QED) is 0.666. The largest absolute Gasteiger partial charge is 0.273 e. The summed E-state index contributed by atoms with van der Waals surface area (Å²) in [5.41, 5.74) is 4.71. The van der Waals surface area contributed by atoms with Crippen LogP contribution in [0.5, 0.6) is 0 Å². The first-order valence-corrected chi connectivity index (χ1v) is 8.17. The number of nitrogens with one attached hydrogen (secondary N) is 1. The Balaban J connectivity index is 1.57. The third-order valence-corrected chi connectivity index (χ3v) is 4.98. The number of fused-ring (bicyclic) bond motifs is 1. The molecule has 0 aliphatic heterocycles. The van der Waals surface area contributed by atoms with Crippen LogP contribution in [0.4, 0.5) is 0 Å². The van der Waals surface area contributed by atoms with E-state index in [9.17, 15) is 4.79 Å². The molecule has 0 aromatic heterocycles. The van der Waals surface area contributed by atoms with Crippen molar-refractivity contribution in [2.24, 2.45) is 22.9 Å². The Bertz CT molecular complexity index is 509. The second-order valence-corrected chi connectivity index (χ2v) is 6.38. The van der Waals surface area contributed by atoms with Crippen LogP contribution >= 0.6 is 0 Å². The van der Waals surface area contributed by atoms with Gasteiger partial charge in [-0.3, -0.25) is 4.79 Å². The predicted octanol–water partition coefficient (Wildman–Crippen LogP) is 3.74. The molecule has 2 atom stereocenters. The smallest absolute Gasteiger partial charge is 0.243 e. The zero-order valence-electron chi connectivity index (χ0n) is 12.7. The summed E-state index contributed by atoms with van der Waals surface area (Å²) in [6.07, 6.45) is 7.70. The molecule has 2 aliphatic rings. The average molecular weight is 284 g/mol. The number of hydrazone groups is 1. The minimum Gasteiger partial charge on any atom is -0.273 e. The molecule has 3 nitrogen and oxygen atoms in total. The van der Waals surface area contributed by atoms with Gasteiger partial charge in [0.25, 0.3) is 0 Å². The minimum absolute atomic E-state index is 0.127. The lowest BCUT2D eigenvalue weighted by molar-refractivity contribution is -0.122. The number of benzene rings is 1. The molecule has 3 rings (SSSR count). The van der Waals surface area contributed by atoms with Gasteiger partial charge < -0.3 is 0 Å². The summed E-state index contributed by atoms with van der Waals surface area (Å²) in [6, 6.07) is 9.97. The lowest BCUT2D eigenvalue weighted by Crippen LogP contribution is -2.22. The summed E-state index contributed by atoms with van der Waals surface area (Å²) in [6.45, 7) is 1.94. The van der Waals surface area contributed by atoms with Crippen molar-refractivity contribution in [3.8, 4) is 0 Å². The van der Waals surface area contributed by atoms with Crippen LogP contribution in [-0.4, -0.2) is 11.6 Å². The molecule has 0 radical (unpaired) electrons. The van der Waals surface area contributed by atoms with Crippen molar-refractivity contribution in [1.82, 2.24) is 5.43 Å². The molecule has 0 saturated heterocycles. The zero-order chi connectivity index (χ0) is 14.7. The van der Waals surface area contributed by atoms with Gasteiger partial charge in [-0.25, -0.2) is 5.43 Å². The molecule has 1 N–H and O–H groups in total. The fraction of sp³-hybridized carbons (Fsp3) is 0.556. The highest BCUT2D eigenvalue weighted by Gasteiger charge is 2.53. The van der Waals surface area contributed by atoms with E-state index in [-0.39, 0.29) is 11.8 Å². The SMILES string of the molecule is CC(=NNC(=O)C1[C@@H]2CCCCCC[C@@H]12)c1ccccc1. The molecule has 112 valence electrons. The van der Waals surface area contributed by atoms with Gasteiger partial charge in [0, 0.05) is 5.92 Å². The highest BCUT2D eigenvalue weighted by Crippen LogP contribution is 2.53. The second kappa shape index (κ2) is 6.42. The van der Waals surface area contributed by atoms with Gasteiger partial charge in [-0.15, -0.1) is 0 Å². The van der Waals surface area contributed by atoms with Crippen molar-refractivity contribution in [1.29, 1.82) is 0 Å². The Morgan fingerprint density at radius 2 is 1.67 bits per heavy atom. The Kier molecular flexibility index (Phi) is 4.37. The molecule has 0 bridgehead atoms. The number of hydrogen-bond acceptors (Lipinski definition) is 2. The van der Waals surface area contributed by atoms with Crippen LogP contribution in [0.15, 0.2) is 35.4 Å². The molecular formula is C18H24N2O. The number of hydrogen-bond donors (Lipinski definition) is 1. The van der Waals surface area contributed by atoms with Crippen LogP contribution in [0.2, 0.25) is 0 Å². The molecule has 21 heavy (non-hydrogen) atoms. The normalized spacial score (nSPS) is 29.0. The number of carbonyl (C=O) groups is 1. The van der Waals surface area contributed by atoms with E-state index in [0.717, 1.165) is 11.3 Å². The van der Waals surface area contributed by atoms with E-state index in [0.29, 0.717) is 11.8 Å². The number of carbonyl (C=O) groups excluding carboxylic acids is 1. The lowest BCUT2D eigenvalue weighted by Gasteiger charge is -2.04. The van der Waals surface area contributed by atoms with E-state index in [4.69, 9.17) is 0 Å². The maximum absolute atomic E-state index is 12.3. The first-order chi connectivity index (χ1) is 10.3. The van der Waals surface area contributed by atoms with Gasteiger partial charge in [-0.2, -0.15) is 5.10 Å². The molecule has 1 amide bonds. The van der Waals surface area contributed by atoms with Crippen molar-refractivity contribution in [2.45, 2.75) is 45.4 Å². The standard InChI is InChI=1S/C18H24N2O/c1-13(14-9-5-4-6-10-14)19-20-18(21)17-15-11-7-2-3-8-12-16(15)17/h4-6,9-10,15-17H,2-3,7-8,11-12H2,1H3,(H,20,21)/t15-,16-/m1/s1. The van der Waals surface area contributed by atoms with Crippen LogP contribution in [0.1, 0.15) is 51.0 Å². The van der Waals surface area contributed by atoms with E-state index in [1.807, 2.05) is 37.3 Å². The van der Waals surface area contributed by atoms with Crippen LogP contribution in [-0.2, 0) is 4.79 Å². The van der Waals surface area contributed by atoms with E-state index in [1.165, 1.54) is 38.5 Å². The average Bonchev–Trinajstić information content (AvgIpc) is 3.16. The van der Waals surface area contributed by atoms with Gasteiger partial charge in [0.05, 0.1) is 5.71 Å². The Morgan fingerprint density at radius 1 is 1.05 bits per heavy atom. The third kappa shape index (κ3) is 3.34. The summed E-state index contributed by atoms with van der Waals surface area (Å²) in [5, 5.41) is 4.28. The molecule has 1 aromatic carbocycles. The first kappa shape index (κ1) is 14.3. The lowest BCUT2D eigenvalue weighted by atomic mass is 10.0. The van der Waals surface area contributed by atoms with Crippen molar-refractivity contribution in [2.75, 3.05) is 0 Å². The van der Waals surface area contributed by atoms with E-state index < -0.39 is 0 Å². The van der Waals surface area contributed by atoms with Gasteiger partial charge in [0.2, 0.25) is 5.91 Å². The van der Waals surface area contributed by atoms with Crippen molar-refractivity contribution in [3.63, 3.8) is 0 Å². The van der Waals surface area contributed by atoms with Gasteiger partial charge in [0.1, 0.15) is 0 Å². The van der Waals surface area contributed by atoms with Crippen LogP contribution in [0.25, 0.3) is 0 Å². The summed E-state index contributed by atoms with van der Waals surface area (Å²) in [4.78, 5) is 12.3. The number of rotatable bonds is 3. The zero-order valence-corrected chi connectivity index (χ0v) is 12.7. The highest BCUT2D eigenvalue weighted by atomic mass is 16.2. The third-order valence-electron chi connectivity index (χ3n) is 4.98. The maximum atomic E-state index is 12.3. The first-order valence-electron chi connectivity index (χ1n) is 8.17. The van der Waals surface area contributed by atoms with Crippen LogP contribution < -0.4 is 5.43 Å². The molecule has 0 spiro atoms. The summed E-state index contributed by atoms with van der Waals surface area (Å²) >= 11 is 0. The molecule has 1 aromatic rings.